The summed E-state index contributed by atoms with van der Waals surface area (Å²) in [6.07, 6.45) is 0. The first-order valence-corrected chi connectivity index (χ1v) is 10.9. The minimum Gasteiger partial charge on any atom is -0.497 e. The van der Waals surface area contributed by atoms with Crippen molar-refractivity contribution >= 4 is 27.7 Å². The molecule has 0 N–H and O–H groups in total. The van der Waals surface area contributed by atoms with Crippen LogP contribution in [0.2, 0.25) is 0 Å². The zero-order chi connectivity index (χ0) is 23.8. The van der Waals surface area contributed by atoms with E-state index in [9.17, 15) is 9.59 Å². The number of ether oxygens (including phenoxy) is 2. The van der Waals surface area contributed by atoms with Crippen molar-refractivity contribution < 1.29 is 18.7 Å². The normalized spacial score (nSPS) is 11.1. The molecule has 0 saturated heterocycles. The van der Waals surface area contributed by atoms with E-state index in [0.29, 0.717) is 16.9 Å². The van der Waals surface area contributed by atoms with Crippen molar-refractivity contribution in [1.82, 2.24) is 4.57 Å². The van der Waals surface area contributed by atoms with Gasteiger partial charge in [-0.3, -0.25) is 4.79 Å². The molecule has 0 aliphatic heterocycles. The highest BCUT2D eigenvalue weighted by molar-refractivity contribution is 6.10. The summed E-state index contributed by atoms with van der Waals surface area (Å²) in [5.74, 6) is 1.08. The molecule has 0 aliphatic carbocycles. The van der Waals surface area contributed by atoms with Gasteiger partial charge in [0.25, 0.3) is 0 Å². The molecule has 0 amide bonds. The van der Waals surface area contributed by atoms with Crippen LogP contribution in [0.25, 0.3) is 33.0 Å². The van der Waals surface area contributed by atoms with E-state index in [1.165, 1.54) is 6.07 Å². The second-order valence-electron chi connectivity index (χ2n) is 8.11. The standard InChI is InChI=1S/C28H23NO5/c1-17-28(22-6-4-5-7-24(22)29(17)2)25(30)16-33-20-12-13-21-23(15-27(31)34-26(21)14-20)18-8-10-19(32-3)11-9-18/h4-15H,16H2,1-3H3. The number of Topliss-reactive ketones (excluding diaryl/α,β-unsaturated/α-hetero) is 1. The average Bonchev–Trinajstić information content (AvgIpc) is 3.12. The highest BCUT2D eigenvalue weighted by Gasteiger charge is 2.19. The lowest BCUT2D eigenvalue weighted by Gasteiger charge is -2.10. The predicted molar refractivity (Wildman–Crippen MR) is 132 cm³/mol. The van der Waals surface area contributed by atoms with E-state index >= 15 is 0 Å². The van der Waals surface area contributed by atoms with Gasteiger partial charge in [0.2, 0.25) is 5.78 Å². The molecule has 0 aliphatic rings. The molecule has 0 radical (unpaired) electrons. The molecule has 0 bridgehead atoms. The third-order valence-corrected chi connectivity index (χ3v) is 6.17. The van der Waals surface area contributed by atoms with Crippen LogP contribution in [-0.4, -0.2) is 24.1 Å². The molecule has 3 aromatic carbocycles. The number of hydrogen-bond donors (Lipinski definition) is 0. The van der Waals surface area contributed by atoms with Gasteiger partial charge in [-0.05, 0) is 48.4 Å². The van der Waals surface area contributed by atoms with Gasteiger partial charge >= 0.3 is 5.63 Å². The number of aryl methyl sites for hydroxylation is 1. The van der Waals surface area contributed by atoms with Crippen LogP contribution >= 0.6 is 0 Å². The number of methoxy groups -OCH3 is 1. The Morgan fingerprint density at radius 2 is 1.68 bits per heavy atom. The summed E-state index contributed by atoms with van der Waals surface area (Å²) in [6, 6.07) is 22.0. The summed E-state index contributed by atoms with van der Waals surface area (Å²) in [5.41, 5.74) is 4.11. The fourth-order valence-electron chi connectivity index (χ4n) is 4.34. The molecule has 0 spiro atoms. The van der Waals surface area contributed by atoms with Crippen molar-refractivity contribution in [2.75, 3.05) is 13.7 Å². The molecule has 6 nitrogen and oxygen atoms in total. The van der Waals surface area contributed by atoms with E-state index < -0.39 is 5.63 Å². The lowest BCUT2D eigenvalue weighted by molar-refractivity contribution is 0.0922. The first-order chi connectivity index (χ1) is 16.5. The van der Waals surface area contributed by atoms with E-state index in [4.69, 9.17) is 13.9 Å². The summed E-state index contributed by atoms with van der Waals surface area (Å²) >= 11 is 0. The lowest BCUT2D eigenvalue weighted by atomic mass is 10.0. The van der Waals surface area contributed by atoms with Crippen molar-refractivity contribution in [3.8, 4) is 22.6 Å². The summed E-state index contributed by atoms with van der Waals surface area (Å²) in [6.45, 7) is 1.81. The number of hydrogen-bond acceptors (Lipinski definition) is 5. The van der Waals surface area contributed by atoms with Crippen molar-refractivity contribution in [2.24, 2.45) is 7.05 Å². The predicted octanol–water partition coefficient (Wildman–Crippen LogP) is 5.53. The van der Waals surface area contributed by atoms with E-state index in [-0.39, 0.29) is 12.4 Å². The number of carbonyl (C=O) groups is 1. The van der Waals surface area contributed by atoms with Crippen LogP contribution in [0.3, 0.4) is 0 Å². The number of aromatic nitrogens is 1. The van der Waals surface area contributed by atoms with Gasteiger partial charge in [0, 0.05) is 46.7 Å². The van der Waals surface area contributed by atoms with Crippen LogP contribution in [0.4, 0.5) is 0 Å². The van der Waals surface area contributed by atoms with E-state index in [1.54, 1.807) is 19.2 Å². The molecule has 0 atom stereocenters. The minimum atomic E-state index is -0.460. The second kappa shape index (κ2) is 8.56. The quantitative estimate of drug-likeness (QED) is 0.250. The molecule has 2 aromatic heterocycles. The van der Waals surface area contributed by atoms with Crippen LogP contribution in [0, 0.1) is 6.92 Å². The zero-order valence-corrected chi connectivity index (χ0v) is 19.1. The maximum absolute atomic E-state index is 13.1. The van der Waals surface area contributed by atoms with Crippen molar-refractivity contribution in [2.45, 2.75) is 6.92 Å². The van der Waals surface area contributed by atoms with Crippen molar-refractivity contribution in [3.63, 3.8) is 0 Å². The Balaban J connectivity index is 1.44. The maximum Gasteiger partial charge on any atom is 0.336 e. The van der Waals surface area contributed by atoms with Crippen LogP contribution in [0.5, 0.6) is 11.5 Å². The lowest BCUT2D eigenvalue weighted by Crippen LogP contribution is -2.13. The molecule has 0 saturated carbocycles. The fraction of sp³-hybridized carbons (Fsp3) is 0.143. The Hall–Kier alpha value is -4.32. The third-order valence-electron chi connectivity index (χ3n) is 6.17. The van der Waals surface area contributed by atoms with Crippen LogP contribution in [0.15, 0.2) is 82.0 Å². The monoisotopic (exact) mass is 453 g/mol. The van der Waals surface area contributed by atoms with Gasteiger partial charge in [0.15, 0.2) is 6.61 Å². The SMILES string of the molecule is COc1ccc(-c2cc(=O)oc3cc(OCC(=O)c4c(C)n(C)c5ccccc45)ccc23)cc1. The maximum atomic E-state index is 13.1. The number of ketones is 1. The average molecular weight is 453 g/mol. The van der Waals surface area contributed by atoms with Crippen molar-refractivity contribution in [1.29, 1.82) is 0 Å². The molecular formula is C28H23NO5. The van der Waals surface area contributed by atoms with Gasteiger partial charge in [-0.1, -0.05) is 30.3 Å². The van der Waals surface area contributed by atoms with E-state index in [2.05, 4.69) is 0 Å². The summed E-state index contributed by atoms with van der Waals surface area (Å²) in [7, 11) is 3.55. The number of para-hydroxylation sites is 1. The van der Waals surface area contributed by atoms with Crippen LogP contribution < -0.4 is 15.1 Å². The zero-order valence-electron chi connectivity index (χ0n) is 19.1. The van der Waals surface area contributed by atoms with Gasteiger partial charge < -0.3 is 18.5 Å². The largest absolute Gasteiger partial charge is 0.497 e. The van der Waals surface area contributed by atoms with Crippen LogP contribution in [0.1, 0.15) is 16.1 Å². The molecular weight excluding hydrogens is 430 g/mol. The summed E-state index contributed by atoms with van der Waals surface area (Å²) in [5, 5.41) is 1.68. The number of fused-ring (bicyclic) bond motifs is 2. The number of carbonyl (C=O) groups excluding carboxylic acids is 1. The fourth-order valence-corrected chi connectivity index (χ4v) is 4.34. The number of nitrogens with zero attached hydrogens (tertiary/aromatic N) is 1. The first-order valence-electron chi connectivity index (χ1n) is 10.9. The number of benzene rings is 3. The molecule has 5 rings (SSSR count). The van der Waals surface area contributed by atoms with Gasteiger partial charge in [-0.2, -0.15) is 0 Å². The van der Waals surface area contributed by atoms with E-state index in [0.717, 1.165) is 38.9 Å². The Morgan fingerprint density at radius 1 is 0.941 bits per heavy atom. The molecule has 2 heterocycles. The first kappa shape index (κ1) is 21.5. The Morgan fingerprint density at radius 3 is 2.44 bits per heavy atom. The minimum absolute atomic E-state index is 0.108. The summed E-state index contributed by atoms with van der Waals surface area (Å²) in [4.78, 5) is 25.3. The molecule has 6 heteroatoms. The van der Waals surface area contributed by atoms with Crippen LogP contribution in [-0.2, 0) is 7.05 Å². The highest BCUT2D eigenvalue weighted by Crippen LogP contribution is 2.31. The Labute approximate surface area is 196 Å². The molecule has 170 valence electrons. The molecule has 5 aromatic rings. The third kappa shape index (κ3) is 3.73. The van der Waals surface area contributed by atoms with Gasteiger partial charge in [0.1, 0.15) is 17.1 Å². The van der Waals surface area contributed by atoms with Gasteiger partial charge in [-0.15, -0.1) is 0 Å². The summed E-state index contributed by atoms with van der Waals surface area (Å²) < 4.78 is 18.5. The molecule has 34 heavy (non-hydrogen) atoms. The van der Waals surface area contributed by atoms with Crippen molar-refractivity contribution in [3.05, 3.63) is 94.5 Å². The van der Waals surface area contributed by atoms with Gasteiger partial charge in [-0.25, -0.2) is 4.79 Å². The second-order valence-corrected chi connectivity index (χ2v) is 8.11. The van der Waals surface area contributed by atoms with E-state index in [1.807, 2.05) is 73.1 Å². The Kier molecular flexibility index (Phi) is 5.42. The Bertz CT molecular complexity index is 1590. The smallest absolute Gasteiger partial charge is 0.336 e. The molecule has 0 fully saturated rings. The highest BCUT2D eigenvalue weighted by atomic mass is 16.5. The van der Waals surface area contributed by atoms with Gasteiger partial charge in [0.05, 0.1) is 7.11 Å². The number of rotatable bonds is 6. The topological polar surface area (TPSA) is 70.7 Å². The molecule has 0 unspecified atom stereocenters.